The fourth-order valence-electron chi connectivity index (χ4n) is 2.80. The van der Waals surface area contributed by atoms with Crippen molar-refractivity contribution in [2.24, 2.45) is 11.7 Å². The summed E-state index contributed by atoms with van der Waals surface area (Å²) in [6, 6.07) is -0.00708. The monoisotopic (exact) mass is 286 g/mol. The Balaban J connectivity index is 2.24. The average molecular weight is 286 g/mol. The van der Waals surface area contributed by atoms with Crippen LogP contribution in [0.5, 0.6) is 0 Å². The number of aromatic nitrogens is 2. The van der Waals surface area contributed by atoms with Crippen LogP contribution in [0.1, 0.15) is 31.5 Å². The quantitative estimate of drug-likeness (QED) is 0.858. The summed E-state index contributed by atoms with van der Waals surface area (Å²) >= 11 is 0. The molecule has 1 heterocycles. The van der Waals surface area contributed by atoms with Gasteiger partial charge in [-0.1, -0.05) is 12.8 Å². The van der Waals surface area contributed by atoms with Crippen molar-refractivity contribution < 1.29 is 8.42 Å². The lowest BCUT2D eigenvalue weighted by molar-refractivity contribution is 0.204. The third-order valence-electron chi connectivity index (χ3n) is 3.98. The first-order chi connectivity index (χ1) is 8.96. The minimum Gasteiger partial charge on any atom is -0.332 e. The molecule has 0 spiro atoms. The van der Waals surface area contributed by atoms with Crippen LogP contribution in [-0.4, -0.2) is 42.3 Å². The normalized spacial score (nSPS) is 24.8. The van der Waals surface area contributed by atoms with E-state index in [4.69, 9.17) is 5.73 Å². The van der Waals surface area contributed by atoms with E-state index < -0.39 is 10.0 Å². The van der Waals surface area contributed by atoms with Gasteiger partial charge in [-0.3, -0.25) is 0 Å². The molecule has 19 heavy (non-hydrogen) atoms. The van der Waals surface area contributed by atoms with Gasteiger partial charge in [-0.2, -0.15) is 4.31 Å². The summed E-state index contributed by atoms with van der Waals surface area (Å²) in [5.41, 5.74) is 5.78. The van der Waals surface area contributed by atoms with Gasteiger partial charge in [0.2, 0.25) is 0 Å². The SMILES string of the molecule is Cc1ncc(S(=O)(=O)N(C)C2CCCCC2CN)[nH]1. The number of hydrogen-bond acceptors (Lipinski definition) is 4. The van der Waals surface area contributed by atoms with E-state index in [1.165, 1.54) is 10.5 Å². The van der Waals surface area contributed by atoms with Gasteiger partial charge in [-0.05, 0) is 32.2 Å². The molecule has 0 saturated heterocycles. The number of imidazole rings is 1. The van der Waals surface area contributed by atoms with E-state index >= 15 is 0 Å². The first-order valence-corrected chi connectivity index (χ1v) is 8.10. The lowest BCUT2D eigenvalue weighted by Crippen LogP contribution is -2.45. The van der Waals surface area contributed by atoms with Crippen molar-refractivity contribution in [3.8, 4) is 0 Å². The minimum absolute atomic E-state index is 0.00708. The fraction of sp³-hybridized carbons (Fsp3) is 0.750. The van der Waals surface area contributed by atoms with Gasteiger partial charge < -0.3 is 10.7 Å². The molecule has 2 rings (SSSR count). The number of aromatic amines is 1. The molecular weight excluding hydrogens is 264 g/mol. The zero-order valence-electron chi connectivity index (χ0n) is 11.5. The van der Waals surface area contributed by atoms with Crippen LogP contribution in [-0.2, 0) is 10.0 Å². The van der Waals surface area contributed by atoms with Gasteiger partial charge in [0.1, 0.15) is 5.82 Å². The number of sulfonamides is 1. The molecule has 7 heteroatoms. The van der Waals surface area contributed by atoms with Crippen molar-refractivity contribution in [1.29, 1.82) is 0 Å². The number of nitrogens with two attached hydrogens (primary N) is 1. The maximum Gasteiger partial charge on any atom is 0.260 e. The molecular formula is C12H22N4O2S. The van der Waals surface area contributed by atoms with Crippen LogP contribution in [0.3, 0.4) is 0 Å². The predicted molar refractivity (Wildman–Crippen MR) is 73.1 cm³/mol. The summed E-state index contributed by atoms with van der Waals surface area (Å²) in [4.78, 5) is 6.76. The molecule has 1 aromatic heterocycles. The van der Waals surface area contributed by atoms with Crippen LogP contribution >= 0.6 is 0 Å². The molecule has 3 N–H and O–H groups in total. The molecule has 0 aliphatic heterocycles. The van der Waals surface area contributed by atoms with Gasteiger partial charge in [-0.15, -0.1) is 0 Å². The second-order valence-electron chi connectivity index (χ2n) is 5.20. The van der Waals surface area contributed by atoms with Crippen molar-refractivity contribution in [2.75, 3.05) is 13.6 Å². The third-order valence-corrected chi connectivity index (χ3v) is 5.77. The lowest BCUT2D eigenvalue weighted by Gasteiger charge is -2.36. The highest BCUT2D eigenvalue weighted by atomic mass is 32.2. The molecule has 0 aromatic carbocycles. The van der Waals surface area contributed by atoms with Crippen molar-refractivity contribution in [3.05, 3.63) is 12.0 Å². The van der Waals surface area contributed by atoms with E-state index in [-0.39, 0.29) is 17.0 Å². The molecule has 1 fully saturated rings. The number of nitrogens with zero attached hydrogens (tertiary/aromatic N) is 2. The van der Waals surface area contributed by atoms with Gasteiger partial charge in [0.15, 0.2) is 5.03 Å². The number of nitrogens with one attached hydrogen (secondary N) is 1. The van der Waals surface area contributed by atoms with Gasteiger partial charge >= 0.3 is 0 Å². The molecule has 1 saturated carbocycles. The maximum absolute atomic E-state index is 12.5. The van der Waals surface area contributed by atoms with E-state index in [1.54, 1.807) is 14.0 Å². The summed E-state index contributed by atoms with van der Waals surface area (Å²) in [5.74, 6) is 0.850. The Hall–Kier alpha value is -0.920. The van der Waals surface area contributed by atoms with Crippen molar-refractivity contribution >= 4 is 10.0 Å². The Bertz CT molecular complexity index is 526. The third kappa shape index (κ3) is 2.82. The number of H-pyrrole nitrogens is 1. The lowest BCUT2D eigenvalue weighted by atomic mass is 9.85. The minimum atomic E-state index is -3.50. The topological polar surface area (TPSA) is 92.1 Å². The molecule has 1 aliphatic carbocycles. The highest BCUT2D eigenvalue weighted by Gasteiger charge is 2.35. The maximum atomic E-state index is 12.5. The summed E-state index contributed by atoms with van der Waals surface area (Å²) < 4.78 is 26.5. The molecule has 0 bridgehead atoms. The number of hydrogen-bond donors (Lipinski definition) is 2. The van der Waals surface area contributed by atoms with Crippen LogP contribution in [0.4, 0.5) is 0 Å². The molecule has 1 aliphatic rings. The van der Waals surface area contributed by atoms with Crippen molar-refractivity contribution in [3.63, 3.8) is 0 Å². The summed E-state index contributed by atoms with van der Waals surface area (Å²) in [7, 11) is -1.86. The van der Waals surface area contributed by atoms with Crippen LogP contribution in [0.2, 0.25) is 0 Å². The average Bonchev–Trinajstić information content (AvgIpc) is 2.85. The Morgan fingerprint density at radius 3 is 2.74 bits per heavy atom. The molecule has 0 amide bonds. The van der Waals surface area contributed by atoms with Gasteiger partial charge in [0, 0.05) is 13.1 Å². The van der Waals surface area contributed by atoms with Crippen LogP contribution < -0.4 is 5.73 Å². The van der Waals surface area contributed by atoms with Gasteiger partial charge in [-0.25, -0.2) is 13.4 Å². The van der Waals surface area contributed by atoms with E-state index in [0.717, 1.165) is 25.7 Å². The Morgan fingerprint density at radius 2 is 2.16 bits per heavy atom. The zero-order chi connectivity index (χ0) is 14.0. The van der Waals surface area contributed by atoms with E-state index in [0.29, 0.717) is 12.4 Å². The highest BCUT2D eigenvalue weighted by Crippen LogP contribution is 2.30. The predicted octanol–water partition coefficient (Wildman–Crippen LogP) is 0.856. The summed E-state index contributed by atoms with van der Waals surface area (Å²) in [6.07, 6.45) is 5.45. The smallest absolute Gasteiger partial charge is 0.260 e. The summed E-state index contributed by atoms with van der Waals surface area (Å²) in [6.45, 7) is 2.27. The first kappa shape index (κ1) is 14.5. The second-order valence-corrected chi connectivity index (χ2v) is 7.17. The van der Waals surface area contributed by atoms with Crippen molar-refractivity contribution in [2.45, 2.75) is 43.7 Å². The van der Waals surface area contributed by atoms with Gasteiger partial charge in [0.05, 0.1) is 6.20 Å². The van der Waals surface area contributed by atoms with Gasteiger partial charge in [0.25, 0.3) is 10.0 Å². The van der Waals surface area contributed by atoms with Crippen LogP contribution in [0, 0.1) is 12.8 Å². The number of rotatable bonds is 4. The van der Waals surface area contributed by atoms with E-state index in [2.05, 4.69) is 9.97 Å². The van der Waals surface area contributed by atoms with Crippen molar-refractivity contribution in [1.82, 2.24) is 14.3 Å². The molecule has 6 nitrogen and oxygen atoms in total. The molecule has 0 radical (unpaired) electrons. The van der Waals surface area contributed by atoms with Crippen LogP contribution in [0.25, 0.3) is 0 Å². The molecule has 2 atom stereocenters. The van der Waals surface area contributed by atoms with E-state index in [1.807, 2.05) is 0 Å². The largest absolute Gasteiger partial charge is 0.332 e. The first-order valence-electron chi connectivity index (χ1n) is 6.66. The highest BCUT2D eigenvalue weighted by molar-refractivity contribution is 7.89. The standard InChI is InChI=1S/C12H22N4O2S/c1-9-14-8-12(15-9)19(17,18)16(2)11-6-4-3-5-10(11)7-13/h8,10-11H,3-7,13H2,1-2H3,(H,14,15). The summed E-state index contributed by atoms with van der Waals surface area (Å²) in [5, 5.41) is 0.161. The molecule has 2 unspecified atom stereocenters. The fourth-order valence-corrected chi connectivity index (χ4v) is 4.21. The molecule has 1 aromatic rings. The number of aryl methyl sites for hydroxylation is 1. The second kappa shape index (κ2) is 5.60. The Kier molecular flexibility index (Phi) is 4.27. The van der Waals surface area contributed by atoms with Crippen LogP contribution in [0.15, 0.2) is 11.2 Å². The Morgan fingerprint density at radius 1 is 1.47 bits per heavy atom. The zero-order valence-corrected chi connectivity index (χ0v) is 12.3. The Labute approximate surface area is 114 Å². The van der Waals surface area contributed by atoms with E-state index in [9.17, 15) is 8.42 Å². The molecule has 108 valence electrons.